The third kappa shape index (κ3) is 1.11. The number of fused-ring (bicyclic) bond motifs is 4. The van der Waals surface area contributed by atoms with E-state index in [1.807, 2.05) is 35.2 Å². The molecule has 4 rings (SSSR count). The minimum atomic E-state index is -0.611. The molecule has 92 valence electrons. The van der Waals surface area contributed by atoms with Crippen LogP contribution in [0.1, 0.15) is 29.6 Å². The molecule has 18 heavy (non-hydrogen) atoms. The molecule has 0 bridgehead atoms. The van der Waals surface area contributed by atoms with Crippen LogP contribution in [0.25, 0.3) is 10.9 Å². The van der Waals surface area contributed by atoms with Crippen molar-refractivity contribution in [1.82, 2.24) is 9.47 Å². The van der Waals surface area contributed by atoms with E-state index >= 15 is 0 Å². The summed E-state index contributed by atoms with van der Waals surface area (Å²) in [6.45, 7) is 0.766. The maximum atomic E-state index is 12.4. The molecule has 4 nitrogen and oxygen atoms in total. The number of carbonyl (C=O) groups excluding carboxylic acids is 1. The number of carbonyl (C=O) groups is 1. The number of para-hydroxylation sites is 1. The van der Waals surface area contributed by atoms with Gasteiger partial charge in [0.1, 0.15) is 5.69 Å². The summed E-state index contributed by atoms with van der Waals surface area (Å²) in [7, 11) is 0. The van der Waals surface area contributed by atoms with Gasteiger partial charge in [0.05, 0.1) is 11.6 Å². The highest BCUT2D eigenvalue weighted by molar-refractivity contribution is 6.00. The van der Waals surface area contributed by atoms with Gasteiger partial charge >= 0.3 is 0 Å². The van der Waals surface area contributed by atoms with E-state index in [9.17, 15) is 9.90 Å². The summed E-state index contributed by atoms with van der Waals surface area (Å²) >= 11 is 0. The molecule has 0 radical (unpaired) electrons. The van der Waals surface area contributed by atoms with Crippen molar-refractivity contribution in [2.24, 2.45) is 0 Å². The first-order valence-electron chi connectivity index (χ1n) is 6.36. The SMILES string of the molecule is O=C1c2cc3ccccc3n2[C@H](O)[C@@H]2CCCN12. The minimum absolute atomic E-state index is 0.0546. The van der Waals surface area contributed by atoms with E-state index in [1.54, 1.807) is 4.57 Å². The third-order valence-corrected chi connectivity index (χ3v) is 4.14. The molecule has 0 unspecified atom stereocenters. The van der Waals surface area contributed by atoms with Gasteiger partial charge in [0.25, 0.3) is 5.91 Å². The molecule has 1 N–H and O–H groups in total. The van der Waals surface area contributed by atoms with Crippen LogP contribution in [0, 0.1) is 0 Å². The van der Waals surface area contributed by atoms with Crippen LogP contribution >= 0.6 is 0 Å². The van der Waals surface area contributed by atoms with Gasteiger partial charge in [-0.1, -0.05) is 18.2 Å². The van der Waals surface area contributed by atoms with E-state index in [-0.39, 0.29) is 11.9 Å². The lowest BCUT2D eigenvalue weighted by Gasteiger charge is -2.35. The minimum Gasteiger partial charge on any atom is -0.371 e. The third-order valence-electron chi connectivity index (χ3n) is 4.14. The molecule has 0 saturated carbocycles. The lowest BCUT2D eigenvalue weighted by molar-refractivity contribution is 0.00338. The fourth-order valence-corrected chi connectivity index (χ4v) is 3.30. The number of benzene rings is 1. The Labute approximate surface area is 104 Å². The largest absolute Gasteiger partial charge is 0.371 e. The quantitative estimate of drug-likeness (QED) is 0.765. The maximum Gasteiger partial charge on any atom is 0.271 e. The van der Waals surface area contributed by atoms with Crippen LogP contribution < -0.4 is 0 Å². The number of amides is 1. The Morgan fingerprint density at radius 2 is 2.11 bits per heavy atom. The topological polar surface area (TPSA) is 45.5 Å². The second-order valence-corrected chi connectivity index (χ2v) is 5.08. The number of rotatable bonds is 0. The van der Waals surface area contributed by atoms with Gasteiger partial charge in [-0.05, 0) is 25.0 Å². The van der Waals surface area contributed by atoms with Crippen molar-refractivity contribution < 1.29 is 9.90 Å². The van der Waals surface area contributed by atoms with Crippen molar-refractivity contribution in [2.45, 2.75) is 25.1 Å². The lowest BCUT2D eigenvalue weighted by Crippen LogP contribution is -2.46. The molecule has 3 heterocycles. The zero-order valence-electron chi connectivity index (χ0n) is 9.91. The summed E-state index contributed by atoms with van der Waals surface area (Å²) in [4.78, 5) is 14.2. The first-order valence-corrected chi connectivity index (χ1v) is 6.36. The smallest absolute Gasteiger partial charge is 0.271 e. The van der Waals surface area contributed by atoms with E-state index in [1.165, 1.54) is 0 Å². The van der Waals surface area contributed by atoms with Gasteiger partial charge in [-0.2, -0.15) is 0 Å². The van der Waals surface area contributed by atoms with Crippen LogP contribution in [0.4, 0.5) is 0 Å². The molecule has 2 atom stereocenters. The molecule has 0 aliphatic carbocycles. The first-order chi connectivity index (χ1) is 8.77. The average molecular weight is 242 g/mol. The van der Waals surface area contributed by atoms with Crippen LogP contribution in [-0.4, -0.2) is 33.1 Å². The Morgan fingerprint density at radius 3 is 3.00 bits per heavy atom. The van der Waals surface area contributed by atoms with Crippen molar-refractivity contribution in [3.63, 3.8) is 0 Å². The molecule has 2 aromatic rings. The van der Waals surface area contributed by atoms with Crippen molar-refractivity contribution in [1.29, 1.82) is 0 Å². The van der Waals surface area contributed by atoms with E-state index in [0.29, 0.717) is 5.69 Å². The van der Waals surface area contributed by atoms with Crippen LogP contribution in [0.2, 0.25) is 0 Å². The van der Waals surface area contributed by atoms with E-state index in [2.05, 4.69) is 0 Å². The summed E-state index contributed by atoms with van der Waals surface area (Å²) in [5.74, 6) is 0.0546. The van der Waals surface area contributed by atoms with Crippen molar-refractivity contribution in [3.05, 3.63) is 36.0 Å². The second kappa shape index (κ2) is 3.36. The average Bonchev–Trinajstić information content (AvgIpc) is 3.00. The highest BCUT2D eigenvalue weighted by Gasteiger charge is 2.42. The summed E-state index contributed by atoms with van der Waals surface area (Å²) < 4.78 is 1.80. The van der Waals surface area contributed by atoms with Crippen LogP contribution in [0.3, 0.4) is 0 Å². The van der Waals surface area contributed by atoms with E-state index < -0.39 is 6.23 Å². The second-order valence-electron chi connectivity index (χ2n) is 5.08. The van der Waals surface area contributed by atoms with Gasteiger partial charge in [-0.15, -0.1) is 0 Å². The Hall–Kier alpha value is -1.81. The molecule has 1 amide bonds. The Balaban J connectivity index is 2.01. The maximum absolute atomic E-state index is 12.4. The molecule has 1 saturated heterocycles. The molecule has 0 spiro atoms. The molecule has 1 fully saturated rings. The number of hydrogen-bond acceptors (Lipinski definition) is 2. The molecule has 1 aromatic heterocycles. The fraction of sp³-hybridized carbons (Fsp3) is 0.357. The van der Waals surface area contributed by atoms with Gasteiger partial charge < -0.3 is 14.6 Å². The van der Waals surface area contributed by atoms with Crippen LogP contribution in [-0.2, 0) is 0 Å². The predicted octanol–water partition coefficient (Wildman–Crippen LogP) is 1.75. The summed E-state index contributed by atoms with van der Waals surface area (Å²) in [5.41, 5.74) is 1.56. The van der Waals surface area contributed by atoms with Crippen molar-refractivity contribution >= 4 is 16.8 Å². The number of nitrogens with zero attached hydrogens (tertiary/aromatic N) is 2. The van der Waals surface area contributed by atoms with Crippen molar-refractivity contribution in [3.8, 4) is 0 Å². The summed E-state index contributed by atoms with van der Waals surface area (Å²) in [5, 5.41) is 11.5. The summed E-state index contributed by atoms with van der Waals surface area (Å²) in [6, 6.07) is 9.65. The Kier molecular flexibility index (Phi) is 1.89. The van der Waals surface area contributed by atoms with Crippen LogP contribution in [0.15, 0.2) is 30.3 Å². The molecule has 1 aromatic carbocycles. The molecular weight excluding hydrogens is 228 g/mol. The zero-order valence-corrected chi connectivity index (χ0v) is 9.91. The van der Waals surface area contributed by atoms with Gasteiger partial charge in [-0.25, -0.2) is 0 Å². The normalized spacial score (nSPS) is 26.5. The van der Waals surface area contributed by atoms with E-state index in [0.717, 1.165) is 30.3 Å². The number of hydrogen-bond donors (Lipinski definition) is 1. The molecule has 2 aliphatic rings. The van der Waals surface area contributed by atoms with Gasteiger partial charge in [0.2, 0.25) is 0 Å². The number of aromatic nitrogens is 1. The van der Waals surface area contributed by atoms with Crippen LogP contribution in [0.5, 0.6) is 0 Å². The predicted molar refractivity (Wildman–Crippen MR) is 67.3 cm³/mol. The standard InChI is InChI=1S/C14H14N2O2/c17-13-12-8-9-4-1-2-5-10(9)16(12)14(18)11-6-3-7-15(11)13/h1-2,4-5,8,11,14,18H,3,6-7H2/t11-,14+/m0/s1. The van der Waals surface area contributed by atoms with Crippen molar-refractivity contribution in [2.75, 3.05) is 6.54 Å². The Morgan fingerprint density at radius 1 is 1.28 bits per heavy atom. The van der Waals surface area contributed by atoms with Gasteiger partial charge in [0.15, 0.2) is 6.23 Å². The molecular formula is C14H14N2O2. The fourth-order valence-electron chi connectivity index (χ4n) is 3.30. The number of aliphatic hydroxyl groups excluding tert-OH is 1. The number of aliphatic hydroxyl groups is 1. The monoisotopic (exact) mass is 242 g/mol. The lowest BCUT2D eigenvalue weighted by atomic mass is 10.1. The zero-order chi connectivity index (χ0) is 12.3. The van der Waals surface area contributed by atoms with E-state index in [4.69, 9.17) is 0 Å². The highest BCUT2D eigenvalue weighted by Crippen LogP contribution is 2.36. The highest BCUT2D eigenvalue weighted by atomic mass is 16.3. The van der Waals surface area contributed by atoms with Gasteiger partial charge in [-0.3, -0.25) is 4.79 Å². The molecule has 2 aliphatic heterocycles. The molecule has 4 heteroatoms. The first kappa shape index (κ1) is 10.1. The summed E-state index contributed by atoms with van der Waals surface area (Å²) in [6.07, 6.45) is 1.26. The Bertz CT molecular complexity index is 646. The van der Waals surface area contributed by atoms with Gasteiger partial charge in [0, 0.05) is 11.9 Å².